The van der Waals surface area contributed by atoms with Crippen LogP contribution in [0.25, 0.3) is 0 Å². The summed E-state index contributed by atoms with van der Waals surface area (Å²) in [5.74, 6) is -0.201. The summed E-state index contributed by atoms with van der Waals surface area (Å²) in [4.78, 5) is 0. The van der Waals surface area contributed by atoms with E-state index in [0.29, 0.717) is 0 Å². The molecule has 17 heavy (non-hydrogen) atoms. The van der Waals surface area contributed by atoms with Crippen molar-refractivity contribution in [2.24, 2.45) is 7.05 Å². The molecule has 5 nitrogen and oxygen atoms in total. The maximum atomic E-state index is 12.0. The second kappa shape index (κ2) is 5.14. The molecule has 0 radical (unpaired) electrons. The Morgan fingerprint density at radius 3 is 2.65 bits per heavy atom. The van der Waals surface area contributed by atoms with Crippen LogP contribution in [0.15, 0.2) is 12.4 Å². The third kappa shape index (κ3) is 4.08. The van der Waals surface area contributed by atoms with Gasteiger partial charge in [-0.2, -0.15) is 5.10 Å². The summed E-state index contributed by atoms with van der Waals surface area (Å²) < 4.78 is 39.5. The van der Waals surface area contributed by atoms with Crippen molar-refractivity contribution < 1.29 is 12.8 Å². The number of aryl methyl sites for hydroxylation is 1. The molecule has 1 rings (SSSR count). The lowest BCUT2D eigenvalue weighted by molar-refractivity contribution is 0.459. The monoisotopic (exact) mass is 263 g/mol. The van der Waals surface area contributed by atoms with Crippen molar-refractivity contribution in [3.05, 3.63) is 18.0 Å². The van der Waals surface area contributed by atoms with Gasteiger partial charge >= 0.3 is 0 Å². The molecule has 0 saturated heterocycles. The van der Waals surface area contributed by atoms with Crippen LogP contribution < -0.4 is 4.72 Å². The number of hydrogen-bond donors (Lipinski definition) is 1. The van der Waals surface area contributed by atoms with Crippen molar-refractivity contribution in [3.8, 4) is 0 Å². The predicted molar refractivity (Wildman–Crippen MR) is 63.7 cm³/mol. The smallest absolute Gasteiger partial charge is 0.212 e. The fourth-order valence-electron chi connectivity index (χ4n) is 1.49. The van der Waals surface area contributed by atoms with E-state index >= 15 is 0 Å². The first-order valence-corrected chi connectivity index (χ1v) is 6.99. The lowest BCUT2D eigenvalue weighted by Gasteiger charge is -2.24. The number of aromatic nitrogens is 2. The summed E-state index contributed by atoms with van der Waals surface area (Å²) in [6.07, 6.45) is 3.37. The zero-order chi connectivity index (χ0) is 13.1. The molecule has 1 aromatic heterocycles. The van der Waals surface area contributed by atoms with Gasteiger partial charge in [0.05, 0.1) is 24.2 Å². The molecule has 0 atom stereocenters. The fraction of sp³-hybridized carbons (Fsp3) is 0.700. The van der Waals surface area contributed by atoms with E-state index in [4.69, 9.17) is 0 Å². The molecular weight excluding hydrogens is 245 g/mol. The van der Waals surface area contributed by atoms with Crippen LogP contribution in [0.3, 0.4) is 0 Å². The van der Waals surface area contributed by atoms with Gasteiger partial charge in [0.15, 0.2) is 0 Å². The summed E-state index contributed by atoms with van der Waals surface area (Å²) in [6, 6.07) is 0. The van der Waals surface area contributed by atoms with Crippen molar-refractivity contribution >= 4 is 10.0 Å². The molecule has 0 fully saturated rings. The van der Waals surface area contributed by atoms with Crippen LogP contribution in [0.5, 0.6) is 0 Å². The van der Waals surface area contributed by atoms with E-state index in [0.717, 1.165) is 5.56 Å². The quantitative estimate of drug-likeness (QED) is 0.830. The third-order valence-electron chi connectivity index (χ3n) is 2.38. The number of halogens is 1. The number of rotatable bonds is 6. The van der Waals surface area contributed by atoms with Gasteiger partial charge in [-0.1, -0.05) is 0 Å². The van der Waals surface area contributed by atoms with Gasteiger partial charge in [-0.3, -0.25) is 9.07 Å². The molecule has 0 aromatic carbocycles. The van der Waals surface area contributed by atoms with Gasteiger partial charge in [0.25, 0.3) is 0 Å². The Kier molecular flexibility index (Phi) is 4.26. The number of hydrogen-bond acceptors (Lipinski definition) is 3. The molecular formula is C10H18FN3O2S. The molecule has 0 aliphatic carbocycles. The van der Waals surface area contributed by atoms with Gasteiger partial charge in [0, 0.05) is 18.8 Å². The Morgan fingerprint density at radius 2 is 2.18 bits per heavy atom. The third-order valence-corrected chi connectivity index (χ3v) is 4.03. The van der Waals surface area contributed by atoms with E-state index in [2.05, 4.69) is 9.82 Å². The van der Waals surface area contributed by atoms with Crippen molar-refractivity contribution in [2.45, 2.75) is 25.8 Å². The van der Waals surface area contributed by atoms with E-state index in [1.807, 2.05) is 0 Å². The SMILES string of the molecule is Cn1cc(C(C)(C)NS(=O)(=O)CCCF)cn1. The summed E-state index contributed by atoms with van der Waals surface area (Å²) in [7, 11) is -1.71. The molecule has 1 aromatic rings. The van der Waals surface area contributed by atoms with Crippen molar-refractivity contribution in [1.82, 2.24) is 14.5 Å². The molecule has 0 bridgehead atoms. The van der Waals surface area contributed by atoms with Crippen LogP contribution in [0.4, 0.5) is 4.39 Å². The van der Waals surface area contributed by atoms with Crippen LogP contribution in [-0.2, 0) is 22.6 Å². The minimum absolute atomic E-state index is 0.0124. The highest BCUT2D eigenvalue weighted by molar-refractivity contribution is 7.89. The van der Waals surface area contributed by atoms with Gasteiger partial charge in [-0.25, -0.2) is 13.1 Å². The topological polar surface area (TPSA) is 64.0 Å². The molecule has 1 N–H and O–H groups in total. The zero-order valence-corrected chi connectivity index (χ0v) is 11.1. The lowest BCUT2D eigenvalue weighted by Crippen LogP contribution is -2.42. The highest BCUT2D eigenvalue weighted by atomic mass is 32.2. The molecule has 98 valence electrons. The zero-order valence-electron chi connectivity index (χ0n) is 10.3. The van der Waals surface area contributed by atoms with Gasteiger partial charge < -0.3 is 0 Å². The second-order valence-electron chi connectivity index (χ2n) is 4.49. The number of nitrogens with one attached hydrogen (secondary N) is 1. The average molecular weight is 263 g/mol. The van der Waals surface area contributed by atoms with E-state index in [1.54, 1.807) is 38.0 Å². The summed E-state index contributed by atoms with van der Waals surface area (Å²) >= 11 is 0. The number of sulfonamides is 1. The minimum Gasteiger partial charge on any atom is -0.275 e. The largest absolute Gasteiger partial charge is 0.275 e. The van der Waals surface area contributed by atoms with Crippen LogP contribution in [-0.4, -0.2) is 30.6 Å². The van der Waals surface area contributed by atoms with Crippen molar-refractivity contribution in [1.29, 1.82) is 0 Å². The molecule has 0 aliphatic rings. The Hall–Kier alpha value is -0.950. The molecule has 0 saturated carbocycles. The van der Waals surface area contributed by atoms with Gasteiger partial charge in [-0.05, 0) is 20.3 Å². The maximum absolute atomic E-state index is 12.0. The first kappa shape index (κ1) is 14.1. The Balaban J connectivity index is 2.79. The number of alkyl halides is 1. The normalized spacial score (nSPS) is 12.9. The van der Waals surface area contributed by atoms with Crippen LogP contribution in [0.1, 0.15) is 25.8 Å². The van der Waals surface area contributed by atoms with E-state index in [1.165, 1.54) is 0 Å². The molecule has 7 heteroatoms. The van der Waals surface area contributed by atoms with Crippen LogP contribution >= 0.6 is 0 Å². The first-order chi connectivity index (χ1) is 7.77. The van der Waals surface area contributed by atoms with Gasteiger partial charge in [0.1, 0.15) is 0 Å². The molecule has 0 aliphatic heterocycles. The van der Waals surface area contributed by atoms with Crippen LogP contribution in [0, 0.1) is 0 Å². The van der Waals surface area contributed by atoms with Gasteiger partial charge in [-0.15, -0.1) is 0 Å². The van der Waals surface area contributed by atoms with Crippen molar-refractivity contribution in [3.63, 3.8) is 0 Å². The maximum Gasteiger partial charge on any atom is 0.212 e. The van der Waals surface area contributed by atoms with E-state index in [-0.39, 0.29) is 12.2 Å². The molecule has 0 amide bonds. The Bertz CT molecular complexity index is 468. The highest BCUT2D eigenvalue weighted by Crippen LogP contribution is 2.20. The predicted octanol–water partition coefficient (Wildman–Crippen LogP) is 0.934. The van der Waals surface area contributed by atoms with E-state index < -0.39 is 22.2 Å². The van der Waals surface area contributed by atoms with E-state index in [9.17, 15) is 12.8 Å². The number of nitrogens with zero attached hydrogens (tertiary/aromatic N) is 2. The standard InChI is InChI=1S/C10H18FN3O2S/c1-10(2,9-7-12-14(3)8-9)13-17(15,16)6-4-5-11/h7-8,13H,4-6H2,1-3H3. The molecule has 0 unspecified atom stereocenters. The average Bonchev–Trinajstić information content (AvgIpc) is 2.61. The Labute approximate surface area is 101 Å². The van der Waals surface area contributed by atoms with Crippen LogP contribution in [0.2, 0.25) is 0 Å². The minimum atomic E-state index is -3.47. The highest BCUT2D eigenvalue weighted by Gasteiger charge is 2.27. The first-order valence-electron chi connectivity index (χ1n) is 5.33. The Morgan fingerprint density at radius 1 is 1.53 bits per heavy atom. The summed E-state index contributed by atoms with van der Waals surface area (Å²) in [6.45, 7) is 2.86. The fourth-order valence-corrected chi connectivity index (χ4v) is 2.97. The molecule has 0 spiro atoms. The summed E-state index contributed by atoms with van der Waals surface area (Å²) in [5, 5.41) is 4.00. The summed E-state index contributed by atoms with van der Waals surface area (Å²) in [5.41, 5.74) is 0.0208. The lowest BCUT2D eigenvalue weighted by atomic mass is 10.00. The van der Waals surface area contributed by atoms with Gasteiger partial charge in [0.2, 0.25) is 10.0 Å². The van der Waals surface area contributed by atoms with Crippen molar-refractivity contribution in [2.75, 3.05) is 12.4 Å². The second-order valence-corrected chi connectivity index (χ2v) is 6.33. The molecule has 1 heterocycles.